The van der Waals surface area contributed by atoms with Gasteiger partial charge in [0.1, 0.15) is 5.82 Å². The van der Waals surface area contributed by atoms with Gasteiger partial charge in [-0.3, -0.25) is 14.3 Å². The number of anilines is 1. The third-order valence-electron chi connectivity index (χ3n) is 5.82. The molecule has 154 valence electrons. The lowest BCUT2D eigenvalue weighted by Crippen LogP contribution is -2.40. The van der Waals surface area contributed by atoms with E-state index in [1.165, 1.54) is 12.6 Å². The lowest BCUT2D eigenvalue weighted by molar-refractivity contribution is -0.123. The first-order valence-corrected chi connectivity index (χ1v) is 10.6. The molecule has 1 saturated carbocycles. The number of pyridine rings is 1. The van der Waals surface area contributed by atoms with Crippen molar-refractivity contribution in [2.24, 2.45) is 11.8 Å². The van der Waals surface area contributed by atoms with E-state index >= 15 is 0 Å². The number of hydrogen-bond acceptors (Lipinski definition) is 4. The number of rotatable bonds is 4. The van der Waals surface area contributed by atoms with Gasteiger partial charge >= 0.3 is 0 Å². The molecule has 2 aromatic rings. The Bertz CT molecular complexity index is 941. The number of nitrogens with one attached hydrogen (secondary N) is 2. The average Bonchev–Trinajstić information content (AvgIpc) is 3.22. The monoisotopic (exact) mass is 415 g/mol. The van der Waals surface area contributed by atoms with E-state index < -0.39 is 0 Å². The smallest absolute Gasteiger partial charge is 0.228 e. The van der Waals surface area contributed by atoms with Crippen LogP contribution in [0.1, 0.15) is 45.2 Å². The number of carbonyl (C=O) groups is 2. The second kappa shape index (κ2) is 8.14. The molecular weight excluding hydrogens is 390 g/mol. The SMILES string of the molecule is CC(=O)N[C@@H]1CCC[C@H](C(=O)Nc2cc(-c3cnn4c3CC(C)C4)c(Cl)cn2)C1. The maximum absolute atomic E-state index is 12.8. The van der Waals surface area contributed by atoms with Gasteiger partial charge in [-0.2, -0.15) is 5.10 Å². The van der Waals surface area contributed by atoms with Crippen LogP contribution in [-0.2, 0) is 22.6 Å². The van der Waals surface area contributed by atoms with E-state index in [1.54, 1.807) is 6.20 Å². The van der Waals surface area contributed by atoms with Gasteiger partial charge in [0.25, 0.3) is 0 Å². The van der Waals surface area contributed by atoms with Crippen molar-refractivity contribution < 1.29 is 9.59 Å². The fraction of sp³-hybridized carbons (Fsp3) is 0.524. The highest BCUT2D eigenvalue weighted by atomic mass is 35.5. The molecule has 2 aromatic heterocycles. The quantitative estimate of drug-likeness (QED) is 0.800. The van der Waals surface area contributed by atoms with E-state index in [2.05, 4.69) is 27.6 Å². The highest BCUT2D eigenvalue weighted by Crippen LogP contribution is 2.35. The Kier molecular flexibility index (Phi) is 5.58. The molecule has 2 N–H and O–H groups in total. The highest BCUT2D eigenvalue weighted by molar-refractivity contribution is 6.33. The molecule has 1 aliphatic carbocycles. The van der Waals surface area contributed by atoms with E-state index in [0.717, 1.165) is 43.4 Å². The lowest BCUT2D eigenvalue weighted by atomic mass is 9.85. The second-order valence-corrected chi connectivity index (χ2v) is 8.70. The van der Waals surface area contributed by atoms with Gasteiger partial charge in [0.05, 0.1) is 11.2 Å². The van der Waals surface area contributed by atoms with Crippen molar-refractivity contribution in [3.05, 3.63) is 29.2 Å². The molecule has 2 amide bonds. The molecule has 4 rings (SSSR count). The Morgan fingerprint density at radius 1 is 1.24 bits per heavy atom. The van der Waals surface area contributed by atoms with Crippen LogP contribution >= 0.6 is 11.6 Å². The number of aromatic nitrogens is 3. The fourth-order valence-electron chi connectivity index (χ4n) is 4.49. The summed E-state index contributed by atoms with van der Waals surface area (Å²) in [6.45, 7) is 4.63. The summed E-state index contributed by atoms with van der Waals surface area (Å²) in [5.74, 6) is 0.794. The van der Waals surface area contributed by atoms with Crippen LogP contribution in [0.4, 0.5) is 5.82 Å². The molecule has 0 bridgehead atoms. The van der Waals surface area contributed by atoms with Crippen molar-refractivity contribution in [2.45, 2.75) is 58.5 Å². The third-order valence-corrected chi connectivity index (χ3v) is 6.13. The number of halogens is 1. The standard InChI is InChI=1S/C21H26ClN5O2/c1-12-6-19-17(9-24-27(19)11-12)16-8-20(23-10-18(16)22)26-21(29)14-4-3-5-15(7-14)25-13(2)28/h8-10,12,14-15H,3-7,11H2,1-2H3,(H,25,28)(H,23,26,29)/t12?,14-,15+/m0/s1. The molecule has 3 atom stereocenters. The van der Waals surface area contributed by atoms with Crippen LogP contribution in [0.3, 0.4) is 0 Å². The van der Waals surface area contributed by atoms with Crippen molar-refractivity contribution in [3.63, 3.8) is 0 Å². The number of carbonyl (C=O) groups excluding carboxylic acids is 2. The van der Waals surface area contributed by atoms with Crippen LogP contribution in [0, 0.1) is 11.8 Å². The van der Waals surface area contributed by atoms with Gasteiger partial charge in [-0.25, -0.2) is 4.98 Å². The second-order valence-electron chi connectivity index (χ2n) is 8.30. The first-order chi connectivity index (χ1) is 13.9. The molecule has 0 spiro atoms. The minimum atomic E-state index is -0.136. The summed E-state index contributed by atoms with van der Waals surface area (Å²) in [6.07, 6.45) is 7.68. The normalized spacial score (nSPS) is 23.5. The number of amides is 2. The Labute approximate surface area is 175 Å². The van der Waals surface area contributed by atoms with Crippen LogP contribution in [0.25, 0.3) is 11.1 Å². The first kappa shape index (κ1) is 19.9. The molecule has 2 aliphatic rings. The van der Waals surface area contributed by atoms with Crippen LogP contribution in [0.2, 0.25) is 5.02 Å². The van der Waals surface area contributed by atoms with Gasteiger partial charge in [0.2, 0.25) is 11.8 Å². The average molecular weight is 416 g/mol. The Balaban J connectivity index is 1.50. The predicted octanol–water partition coefficient (Wildman–Crippen LogP) is 3.42. The van der Waals surface area contributed by atoms with E-state index in [4.69, 9.17) is 11.6 Å². The van der Waals surface area contributed by atoms with Gasteiger partial charge < -0.3 is 10.6 Å². The van der Waals surface area contributed by atoms with Crippen LogP contribution in [0.15, 0.2) is 18.5 Å². The molecule has 8 heteroatoms. The lowest BCUT2D eigenvalue weighted by Gasteiger charge is -2.28. The summed E-state index contributed by atoms with van der Waals surface area (Å²) in [5, 5.41) is 10.9. The topological polar surface area (TPSA) is 88.9 Å². The van der Waals surface area contributed by atoms with Crippen molar-refractivity contribution in [3.8, 4) is 11.1 Å². The third kappa shape index (κ3) is 4.29. The summed E-state index contributed by atoms with van der Waals surface area (Å²) >= 11 is 6.43. The molecule has 3 heterocycles. The minimum Gasteiger partial charge on any atom is -0.354 e. The van der Waals surface area contributed by atoms with E-state index in [1.807, 2.05) is 16.9 Å². The van der Waals surface area contributed by atoms with E-state index in [0.29, 0.717) is 23.2 Å². The predicted molar refractivity (Wildman–Crippen MR) is 112 cm³/mol. The van der Waals surface area contributed by atoms with Gasteiger partial charge in [0, 0.05) is 48.4 Å². The largest absolute Gasteiger partial charge is 0.354 e. The van der Waals surface area contributed by atoms with E-state index in [9.17, 15) is 9.59 Å². The first-order valence-electron chi connectivity index (χ1n) is 10.2. The van der Waals surface area contributed by atoms with Crippen LogP contribution in [0.5, 0.6) is 0 Å². The molecule has 29 heavy (non-hydrogen) atoms. The maximum atomic E-state index is 12.8. The summed E-state index contributed by atoms with van der Waals surface area (Å²) in [5.41, 5.74) is 3.01. The zero-order chi connectivity index (χ0) is 20.5. The number of fused-ring (bicyclic) bond motifs is 1. The van der Waals surface area contributed by atoms with Gasteiger partial charge in [-0.05, 0) is 37.7 Å². The zero-order valence-corrected chi connectivity index (χ0v) is 17.5. The van der Waals surface area contributed by atoms with Crippen molar-refractivity contribution in [1.82, 2.24) is 20.1 Å². The van der Waals surface area contributed by atoms with Gasteiger partial charge in [-0.1, -0.05) is 24.9 Å². The maximum Gasteiger partial charge on any atom is 0.228 e. The number of nitrogens with zero attached hydrogens (tertiary/aromatic N) is 3. The molecule has 0 radical (unpaired) electrons. The van der Waals surface area contributed by atoms with Crippen molar-refractivity contribution >= 4 is 29.2 Å². The summed E-state index contributed by atoms with van der Waals surface area (Å²) < 4.78 is 2.03. The highest BCUT2D eigenvalue weighted by Gasteiger charge is 2.28. The van der Waals surface area contributed by atoms with E-state index in [-0.39, 0.29) is 23.8 Å². The molecule has 1 aliphatic heterocycles. The van der Waals surface area contributed by atoms with Crippen LogP contribution in [-0.4, -0.2) is 32.6 Å². The molecular formula is C21H26ClN5O2. The molecule has 1 fully saturated rings. The molecule has 0 saturated heterocycles. The van der Waals surface area contributed by atoms with Crippen molar-refractivity contribution in [1.29, 1.82) is 0 Å². The molecule has 0 aromatic carbocycles. The Morgan fingerprint density at radius 2 is 2.07 bits per heavy atom. The van der Waals surface area contributed by atoms with Gasteiger partial charge in [0.15, 0.2) is 0 Å². The van der Waals surface area contributed by atoms with Crippen LogP contribution < -0.4 is 10.6 Å². The summed E-state index contributed by atoms with van der Waals surface area (Å²) in [6, 6.07) is 1.89. The summed E-state index contributed by atoms with van der Waals surface area (Å²) in [7, 11) is 0. The molecule has 1 unspecified atom stereocenters. The molecule has 7 nitrogen and oxygen atoms in total. The van der Waals surface area contributed by atoms with Crippen molar-refractivity contribution in [2.75, 3.05) is 5.32 Å². The zero-order valence-electron chi connectivity index (χ0n) is 16.7. The number of hydrogen-bond donors (Lipinski definition) is 2. The Morgan fingerprint density at radius 3 is 2.86 bits per heavy atom. The van der Waals surface area contributed by atoms with Gasteiger partial charge in [-0.15, -0.1) is 0 Å². The summed E-state index contributed by atoms with van der Waals surface area (Å²) in [4.78, 5) is 28.4. The fourth-order valence-corrected chi connectivity index (χ4v) is 4.69. The minimum absolute atomic E-state index is 0.0527. The Hall–Kier alpha value is -2.41.